The lowest BCUT2D eigenvalue weighted by Gasteiger charge is -2.35. The van der Waals surface area contributed by atoms with Gasteiger partial charge in [0.1, 0.15) is 0 Å². The van der Waals surface area contributed by atoms with E-state index < -0.39 is 0 Å². The minimum Gasteiger partial charge on any atom is -0.330 e. The lowest BCUT2D eigenvalue weighted by atomic mass is 9.72. The average molecular weight is 211 g/mol. The molecule has 2 N–H and O–H groups in total. The summed E-state index contributed by atoms with van der Waals surface area (Å²) in [4.78, 5) is 1.29. The van der Waals surface area contributed by atoms with Gasteiger partial charge in [-0.1, -0.05) is 23.8 Å². The van der Waals surface area contributed by atoms with Gasteiger partial charge in [-0.2, -0.15) is 0 Å². The van der Waals surface area contributed by atoms with Crippen LogP contribution in [0.5, 0.6) is 0 Å². The second kappa shape index (κ2) is 4.36. The molecule has 0 radical (unpaired) electrons. The summed E-state index contributed by atoms with van der Waals surface area (Å²) in [6.45, 7) is 0.810. The van der Waals surface area contributed by atoms with E-state index in [1.54, 1.807) is 0 Å². The lowest BCUT2D eigenvalue weighted by Crippen LogP contribution is -2.34. The van der Waals surface area contributed by atoms with Gasteiger partial charge >= 0.3 is 0 Å². The van der Waals surface area contributed by atoms with E-state index in [1.165, 1.54) is 48.5 Å². The maximum Gasteiger partial charge on any atom is 0.0653 e. The highest BCUT2D eigenvalue weighted by Crippen LogP contribution is 2.38. The normalized spacial score (nSPS) is 20.9. The Morgan fingerprint density at radius 1 is 1.36 bits per heavy atom. The SMILES string of the molecule is NCC1(Cc2cnns2)CCCCC1. The van der Waals surface area contributed by atoms with Crippen molar-refractivity contribution < 1.29 is 0 Å². The largest absolute Gasteiger partial charge is 0.330 e. The van der Waals surface area contributed by atoms with Crippen LogP contribution < -0.4 is 5.73 Å². The summed E-state index contributed by atoms with van der Waals surface area (Å²) in [6, 6.07) is 0. The van der Waals surface area contributed by atoms with Crippen LogP contribution in [-0.4, -0.2) is 16.1 Å². The fraction of sp³-hybridized carbons (Fsp3) is 0.800. The number of nitrogens with two attached hydrogens (primary N) is 1. The van der Waals surface area contributed by atoms with Crippen molar-refractivity contribution in [2.45, 2.75) is 38.5 Å². The number of nitrogens with zero attached hydrogens (tertiary/aromatic N) is 2. The van der Waals surface area contributed by atoms with Gasteiger partial charge in [0, 0.05) is 4.88 Å². The molecular weight excluding hydrogens is 194 g/mol. The Kier molecular flexibility index (Phi) is 3.13. The van der Waals surface area contributed by atoms with Gasteiger partial charge in [0.2, 0.25) is 0 Å². The Balaban J connectivity index is 2.04. The molecule has 1 fully saturated rings. The zero-order valence-corrected chi connectivity index (χ0v) is 9.22. The molecule has 2 rings (SSSR count). The molecule has 0 unspecified atom stereocenters. The Hall–Kier alpha value is -0.480. The van der Waals surface area contributed by atoms with E-state index in [2.05, 4.69) is 9.59 Å². The first-order chi connectivity index (χ1) is 6.85. The molecule has 1 aliphatic carbocycles. The lowest BCUT2D eigenvalue weighted by molar-refractivity contribution is 0.198. The van der Waals surface area contributed by atoms with Crippen LogP contribution in [0.25, 0.3) is 0 Å². The maximum absolute atomic E-state index is 5.92. The molecule has 0 amide bonds. The molecule has 1 aliphatic rings. The molecule has 14 heavy (non-hydrogen) atoms. The van der Waals surface area contributed by atoms with Crippen molar-refractivity contribution in [1.82, 2.24) is 9.59 Å². The summed E-state index contributed by atoms with van der Waals surface area (Å²) in [6.07, 6.45) is 9.58. The molecule has 0 saturated heterocycles. The first-order valence-corrected chi connectivity index (χ1v) is 6.08. The van der Waals surface area contributed by atoms with Crippen molar-refractivity contribution in [2.75, 3.05) is 6.54 Å². The fourth-order valence-corrected chi connectivity index (χ4v) is 3.05. The Bertz CT molecular complexity index is 265. The molecule has 1 saturated carbocycles. The second-order valence-corrected chi connectivity index (χ2v) is 5.20. The van der Waals surface area contributed by atoms with Crippen molar-refractivity contribution in [2.24, 2.45) is 11.1 Å². The van der Waals surface area contributed by atoms with Crippen LogP contribution in [0.4, 0.5) is 0 Å². The maximum atomic E-state index is 5.92. The van der Waals surface area contributed by atoms with Crippen LogP contribution in [0.1, 0.15) is 37.0 Å². The van der Waals surface area contributed by atoms with Crippen LogP contribution >= 0.6 is 11.5 Å². The van der Waals surface area contributed by atoms with Crippen LogP contribution in [-0.2, 0) is 6.42 Å². The third kappa shape index (κ3) is 2.12. The number of hydrogen-bond donors (Lipinski definition) is 1. The predicted molar refractivity (Wildman–Crippen MR) is 58.2 cm³/mol. The summed E-state index contributed by atoms with van der Waals surface area (Å²) in [5, 5.41) is 3.88. The molecule has 1 heterocycles. The van der Waals surface area contributed by atoms with E-state index in [1.807, 2.05) is 6.20 Å². The minimum atomic E-state index is 0.354. The van der Waals surface area contributed by atoms with Crippen molar-refractivity contribution in [3.8, 4) is 0 Å². The van der Waals surface area contributed by atoms with Crippen molar-refractivity contribution in [3.63, 3.8) is 0 Å². The van der Waals surface area contributed by atoms with Gasteiger partial charge in [-0.3, -0.25) is 0 Å². The highest BCUT2D eigenvalue weighted by molar-refractivity contribution is 7.05. The topological polar surface area (TPSA) is 51.8 Å². The fourth-order valence-electron chi connectivity index (χ4n) is 2.39. The summed E-state index contributed by atoms with van der Waals surface area (Å²) in [7, 11) is 0. The van der Waals surface area contributed by atoms with Gasteiger partial charge in [-0.15, -0.1) is 5.10 Å². The summed E-state index contributed by atoms with van der Waals surface area (Å²) in [5.41, 5.74) is 6.27. The molecule has 78 valence electrons. The van der Waals surface area contributed by atoms with Crippen LogP contribution in [0.3, 0.4) is 0 Å². The smallest absolute Gasteiger partial charge is 0.0653 e. The number of aromatic nitrogens is 2. The third-order valence-corrected chi connectivity index (χ3v) is 3.96. The van der Waals surface area contributed by atoms with E-state index in [-0.39, 0.29) is 0 Å². The van der Waals surface area contributed by atoms with Gasteiger partial charge in [-0.05, 0) is 42.8 Å². The van der Waals surface area contributed by atoms with E-state index in [0.29, 0.717) is 5.41 Å². The van der Waals surface area contributed by atoms with Gasteiger partial charge in [0.25, 0.3) is 0 Å². The Labute approximate surface area is 88.9 Å². The Morgan fingerprint density at radius 2 is 2.14 bits per heavy atom. The van der Waals surface area contributed by atoms with Crippen LogP contribution in [0.15, 0.2) is 6.20 Å². The zero-order valence-electron chi connectivity index (χ0n) is 8.41. The molecule has 0 atom stereocenters. The van der Waals surface area contributed by atoms with Crippen molar-refractivity contribution in [3.05, 3.63) is 11.1 Å². The molecule has 0 aliphatic heterocycles. The van der Waals surface area contributed by atoms with E-state index in [4.69, 9.17) is 5.73 Å². The first kappa shape index (κ1) is 10.1. The molecule has 1 aromatic rings. The molecule has 3 nitrogen and oxygen atoms in total. The minimum absolute atomic E-state index is 0.354. The predicted octanol–water partition coefficient (Wildman–Crippen LogP) is 1.99. The summed E-state index contributed by atoms with van der Waals surface area (Å²) in [5.74, 6) is 0. The van der Waals surface area contributed by atoms with E-state index in [0.717, 1.165) is 13.0 Å². The molecule has 1 aromatic heterocycles. The Morgan fingerprint density at radius 3 is 2.71 bits per heavy atom. The number of rotatable bonds is 3. The van der Waals surface area contributed by atoms with Gasteiger partial charge in [-0.25, -0.2) is 0 Å². The summed E-state index contributed by atoms with van der Waals surface area (Å²) >= 11 is 1.51. The van der Waals surface area contributed by atoms with Gasteiger partial charge in [0.15, 0.2) is 0 Å². The molecule has 0 aromatic carbocycles. The van der Waals surface area contributed by atoms with E-state index >= 15 is 0 Å². The number of hydrogen-bond acceptors (Lipinski definition) is 4. The first-order valence-electron chi connectivity index (χ1n) is 5.31. The second-order valence-electron chi connectivity index (χ2n) is 4.33. The van der Waals surface area contributed by atoms with Crippen LogP contribution in [0, 0.1) is 5.41 Å². The molecule has 0 spiro atoms. The quantitative estimate of drug-likeness (QED) is 0.832. The molecule has 4 heteroatoms. The molecule has 0 bridgehead atoms. The highest BCUT2D eigenvalue weighted by atomic mass is 32.1. The third-order valence-electron chi connectivity index (χ3n) is 3.30. The highest BCUT2D eigenvalue weighted by Gasteiger charge is 2.31. The van der Waals surface area contributed by atoms with Crippen molar-refractivity contribution >= 4 is 11.5 Å². The zero-order chi connectivity index (χ0) is 9.86. The van der Waals surface area contributed by atoms with Crippen LogP contribution in [0.2, 0.25) is 0 Å². The average Bonchev–Trinajstić information content (AvgIpc) is 2.72. The summed E-state index contributed by atoms with van der Waals surface area (Å²) < 4.78 is 3.90. The molecular formula is C10H17N3S. The van der Waals surface area contributed by atoms with Crippen molar-refractivity contribution in [1.29, 1.82) is 0 Å². The van der Waals surface area contributed by atoms with Gasteiger partial charge < -0.3 is 5.73 Å². The monoisotopic (exact) mass is 211 g/mol. The van der Waals surface area contributed by atoms with E-state index in [9.17, 15) is 0 Å². The standard InChI is InChI=1S/C10H17N3S/c11-8-10(4-2-1-3-5-10)6-9-7-12-13-14-9/h7H,1-6,8,11H2. The van der Waals surface area contributed by atoms with Gasteiger partial charge in [0.05, 0.1) is 6.20 Å².